The Balaban J connectivity index is 1.72. The van der Waals surface area contributed by atoms with Crippen LogP contribution in [0, 0.1) is 12.8 Å². The van der Waals surface area contributed by atoms with Crippen LogP contribution in [0.4, 0.5) is 23.0 Å². The van der Waals surface area contributed by atoms with Crippen LogP contribution in [0.1, 0.15) is 25.3 Å². The number of aryl methyl sites for hydroxylation is 1. The first-order valence-corrected chi connectivity index (χ1v) is 8.94. The number of ether oxygens (including phenoxy) is 1. The van der Waals surface area contributed by atoms with Gasteiger partial charge in [0.15, 0.2) is 11.6 Å². The number of anilines is 4. The van der Waals surface area contributed by atoms with Crippen molar-refractivity contribution in [3.63, 3.8) is 0 Å². The molecule has 1 aromatic heterocycles. The molecule has 2 heterocycles. The normalized spacial score (nSPS) is 14.9. The van der Waals surface area contributed by atoms with Crippen LogP contribution in [0.15, 0.2) is 30.6 Å². The number of carbonyl (C=O) groups excluding carboxylic acids is 1. The van der Waals surface area contributed by atoms with E-state index in [0.29, 0.717) is 37.0 Å². The Morgan fingerprint density at radius 3 is 2.73 bits per heavy atom. The largest absolute Gasteiger partial charge is 0.466 e. The van der Waals surface area contributed by atoms with Gasteiger partial charge in [0.25, 0.3) is 0 Å². The lowest BCUT2D eigenvalue weighted by Gasteiger charge is -2.32. The van der Waals surface area contributed by atoms with Crippen molar-refractivity contribution >= 4 is 29.0 Å². The molecule has 7 heteroatoms. The van der Waals surface area contributed by atoms with Gasteiger partial charge in [0.05, 0.1) is 12.5 Å². The van der Waals surface area contributed by atoms with E-state index in [9.17, 15) is 4.79 Å². The molecule has 138 valence electrons. The number of hydrogen-bond donors (Lipinski definition) is 2. The molecule has 2 aromatic rings. The fraction of sp³-hybridized carbons (Fsp3) is 0.421. The van der Waals surface area contributed by atoms with Gasteiger partial charge in [0.1, 0.15) is 12.0 Å². The van der Waals surface area contributed by atoms with Crippen LogP contribution in [0.3, 0.4) is 0 Å². The van der Waals surface area contributed by atoms with Crippen molar-refractivity contribution in [2.24, 2.45) is 5.92 Å². The van der Waals surface area contributed by atoms with E-state index in [2.05, 4.69) is 20.2 Å². The third-order valence-corrected chi connectivity index (χ3v) is 4.68. The summed E-state index contributed by atoms with van der Waals surface area (Å²) in [7, 11) is 0. The van der Waals surface area contributed by atoms with Crippen LogP contribution in [-0.4, -0.2) is 35.6 Å². The number of carbonyl (C=O) groups is 1. The quantitative estimate of drug-likeness (QED) is 0.797. The van der Waals surface area contributed by atoms with Crippen molar-refractivity contribution in [1.82, 2.24) is 9.97 Å². The molecule has 7 nitrogen and oxygen atoms in total. The van der Waals surface area contributed by atoms with E-state index in [1.807, 2.05) is 38.1 Å². The minimum atomic E-state index is -0.107. The molecule has 1 aromatic carbocycles. The van der Waals surface area contributed by atoms with Crippen molar-refractivity contribution in [3.8, 4) is 0 Å². The highest BCUT2D eigenvalue weighted by Crippen LogP contribution is 2.32. The van der Waals surface area contributed by atoms with E-state index in [-0.39, 0.29) is 11.9 Å². The Kier molecular flexibility index (Phi) is 5.55. The second kappa shape index (κ2) is 8.03. The summed E-state index contributed by atoms with van der Waals surface area (Å²) < 4.78 is 5.12. The summed E-state index contributed by atoms with van der Waals surface area (Å²) in [5, 5.41) is 3.29. The molecule has 0 bridgehead atoms. The molecule has 3 N–H and O–H groups in total. The number of aromatic nitrogens is 2. The Bertz CT molecular complexity index is 772. The summed E-state index contributed by atoms with van der Waals surface area (Å²) in [5.74, 6) is 1.15. The Morgan fingerprint density at radius 2 is 2.04 bits per heavy atom. The summed E-state index contributed by atoms with van der Waals surface area (Å²) in [6.45, 7) is 5.72. The van der Waals surface area contributed by atoms with Crippen LogP contribution in [0.25, 0.3) is 0 Å². The van der Waals surface area contributed by atoms with Gasteiger partial charge in [-0.25, -0.2) is 9.97 Å². The zero-order valence-corrected chi connectivity index (χ0v) is 15.2. The topological polar surface area (TPSA) is 93.4 Å². The third kappa shape index (κ3) is 3.87. The average molecular weight is 355 g/mol. The standard InChI is InChI=1S/C19H25N5O2/c1-3-26-19(25)14-8-10-24(11-9-14)18-16(20)17(21-12-22-18)23-15-7-5-4-6-13(15)2/h4-7,12,14H,3,8-11,20H2,1-2H3,(H,21,22,23). The summed E-state index contributed by atoms with van der Waals surface area (Å²) in [6, 6.07) is 7.97. The summed E-state index contributed by atoms with van der Waals surface area (Å²) in [4.78, 5) is 22.7. The molecule has 26 heavy (non-hydrogen) atoms. The molecule has 3 rings (SSSR count). The zero-order chi connectivity index (χ0) is 18.5. The second-order valence-electron chi connectivity index (χ2n) is 6.41. The Morgan fingerprint density at radius 1 is 1.31 bits per heavy atom. The monoisotopic (exact) mass is 355 g/mol. The molecule has 0 amide bonds. The Labute approximate surface area is 153 Å². The minimum absolute atomic E-state index is 0.0428. The van der Waals surface area contributed by atoms with Crippen LogP contribution < -0.4 is 16.0 Å². The number of para-hydroxylation sites is 1. The molecule has 0 spiro atoms. The van der Waals surface area contributed by atoms with Gasteiger partial charge in [-0.3, -0.25) is 4.79 Å². The molecular weight excluding hydrogens is 330 g/mol. The predicted octanol–water partition coefficient (Wildman–Crippen LogP) is 2.89. The van der Waals surface area contributed by atoms with Gasteiger partial charge in [0.2, 0.25) is 0 Å². The second-order valence-corrected chi connectivity index (χ2v) is 6.41. The maximum atomic E-state index is 11.9. The molecule has 1 fully saturated rings. The van der Waals surface area contributed by atoms with Crippen molar-refractivity contribution in [2.75, 3.05) is 35.6 Å². The van der Waals surface area contributed by atoms with E-state index in [1.54, 1.807) is 0 Å². The molecule has 0 atom stereocenters. The first-order valence-electron chi connectivity index (χ1n) is 8.94. The lowest BCUT2D eigenvalue weighted by atomic mass is 9.97. The van der Waals surface area contributed by atoms with Crippen molar-refractivity contribution in [2.45, 2.75) is 26.7 Å². The first-order chi connectivity index (χ1) is 12.6. The molecule has 0 saturated carbocycles. The number of piperidine rings is 1. The van der Waals surface area contributed by atoms with Crippen LogP contribution in [0.2, 0.25) is 0 Å². The molecule has 1 saturated heterocycles. The summed E-state index contributed by atoms with van der Waals surface area (Å²) in [6.07, 6.45) is 3.00. The number of nitrogens with zero attached hydrogens (tertiary/aromatic N) is 3. The molecular formula is C19H25N5O2. The number of nitrogens with one attached hydrogen (secondary N) is 1. The van der Waals surface area contributed by atoms with Gasteiger partial charge < -0.3 is 20.7 Å². The van der Waals surface area contributed by atoms with E-state index < -0.39 is 0 Å². The van der Waals surface area contributed by atoms with Crippen molar-refractivity contribution in [3.05, 3.63) is 36.2 Å². The van der Waals surface area contributed by atoms with Crippen LogP contribution in [-0.2, 0) is 9.53 Å². The molecule has 0 aliphatic carbocycles. The number of hydrogen-bond acceptors (Lipinski definition) is 7. The fourth-order valence-electron chi connectivity index (χ4n) is 3.17. The van der Waals surface area contributed by atoms with E-state index in [0.717, 1.165) is 24.1 Å². The molecule has 0 unspecified atom stereocenters. The first kappa shape index (κ1) is 18.0. The SMILES string of the molecule is CCOC(=O)C1CCN(c2ncnc(Nc3ccccc3C)c2N)CC1. The van der Waals surface area contributed by atoms with E-state index >= 15 is 0 Å². The van der Waals surface area contributed by atoms with Crippen LogP contribution in [0.5, 0.6) is 0 Å². The maximum absolute atomic E-state index is 11.9. The smallest absolute Gasteiger partial charge is 0.309 e. The van der Waals surface area contributed by atoms with Gasteiger partial charge in [-0.15, -0.1) is 0 Å². The van der Waals surface area contributed by atoms with Crippen LogP contribution >= 0.6 is 0 Å². The number of nitrogen functional groups attached to an aromatic ring is 1. The van der Waals surface area contributed by atoms with Gasteiger partial charge >= 0.3 is 5.97 Å². The fourth-order valence-corrected chi connectivity index (χ4v) is 3.17. The minimum Gasteiger partial charge on any atom is -0.466 e. The lowest BCUT2D eigenvalue weighted by molar-refractivity contribution is -0.148. The number of nitrogens with two attached hydrogens (primary N) is 1. The highest BCUT2D eigenvalue weighted by molar-refractivity contribution is 5.79. The maximum Gasteiger partial charge on any atom is 0.309 e. The number of esters is 1. The number of benzene rings is 1. The highest BCUT2D eigenvalue weighted by Gasteiger charge is 2.27. The van der Waals surface area contributed by atoms with Gasteiger partial charge in [-0.1, -0.05) is 18.2 Å². The lowest BCUT2D eigenvalue weighted by Crippen LogP contribution is -2.37. The summed E-state index contributed by atoms with van der Waals surface area (Å²) >= 11 is 0. The van der Waals surface area contributed by atoms with E-state index in [4.69, 9.17) is 10.5 Å². The van der Waals surface area contributed by atoms with Gasteiger partial charge in [-0.2, -0.15) is 0 Å². The molecule has 0 radical (unpaired) electrons. The highest BCUT2D eigenvalue weighted by atomic mass is 16.5. The predicted molar refractivity (Wildman–Crippen MR) is 102 cm³/mol. The van der Waals surface area contributed by atoms with Crippen molar-refractivity contribution < 1.29 is 9.53 Å². The molecule has 1 aliphatic rings. The number of rotatable bonds is 5. The van der Waals surface area contributed by atoms with Gasteiger partial charge in [-0.05, 0) is 38.3 Å². The average Bonchev–Trinajstić information content (AvgIpc) is 2.65. The van der Waals surface area contributed by atoms with Gasteiger partial charge in [0, 0.05) is 18.8 Å². The third-order valence-electron chi connectivity index (χ3n) is 4.68. The van der Waals surface area contributed by atoms with Crippen molar-refractivity contribution in [1.29, 1.82) is 0 Å². The Hall–Kier alpha value is -2.83. The van der Waals surface area contributed by atoms with E-state index in [1.165, 1.54) is 6.33 Å². The molecule has 1 aliphatic heterocycles. The summed E-state index contributed by atoms with van der Waals surface area (Å²) in [5.41, 5.74) is 8.93. The zero-order valence-electron chi connectivity index (χ0n) is 15.2.